The minimum atomic E-state index is -0.805. The van der Waals surface area contributed by atoms with Crippen molar-refractivity contribution < 1.29 is 14.3 Å². The van der Waals surface area contributed by atoms with Gasteiger partial charge in [0.2, 0.25) is 5.78 Å². The molecule has 0 aliphatic carbocycles. The standard InChI is InChI=1S/C17H18N2O3/c1-17(2,3)22-16(21)15(20)8-12-5-4-6-13(7-12)14-9-18-11-19-10-14/h4-7,9-11H,8H2,1-3H3. The highest BCUT2D eigenvalue weighted by molar-refractivity contribution is 6.34. The molecule has 22 heavy (non-hydrogen) atoms. The van der Waals surface area contributed by atoms with E-state index < -0.39 is 17.4 Å². The highest BCUT2D eigenvalue weighted by Gasteiger charge is 2.22. The maximum atomic E-state index is 11.9. The van der Waals surface area contributed by atoms with Crippen LogP contribution in [0.5, 0.6) is 0 Å². The van der Waals surface area contributed by atoms with Crippen LogP contribution in [-0.2, 0) is 20.7 Å². The third-order valence-corrected chi connectivity index (χ3v) is 2.81. The number of benzene rings is 1. The highest BCUT2D eigenvalue weighted by atomic mass is 16.6. The molecule has 0 bridgehead atoms. The summed E-state index contributed by atoms with van der Waals surface area (Å²) in [4.78, 5) is 31.6. The van der Waals surface area contributed by atoms with Gasteiger partial charge in [-0.25, -0.2) is 14.8 Å². The van der Waals surface area contributed by atoms with Crippen molar-refractivity contribution in [1.82, 2.24) is 9.97 Å². The molecule has 2 aromatic rings. The predicted molar refractivity (Wildman–Crippen MR) is 82.0 cm³/mol. The lowest BCUT2D eigenvalue weighted by molar-refractivity contribution is -0.162. The molecule has 0 N–H and O–H groups in total. The third-order valence-electron chi connectivity index (χ3n) is 2.81. The first-order chi connectivity index (χ1) is 10.3. The van der Waals surface area contributed by atoms with Crippen molar-refractivity contribution in [3.63, 3.8) is 0 Å². The molecule has 0 saturated heterocycles. The molecule has 5 nitrogen and oxygen atoms in total. The third kappa shape index (κ3) is 4.48. The first-order valence-electron chi connectivity index (χ1n) is 6.96. The molecule has 0 unspecified atom stereocenters. The minimum absolute atomic E-state index is 0.0104. The quantitative estimate of drug-likeness (QED) is 0.641. The fraction of sp³-hybridized carbons (Fsp3) is 0.294. The van der Waals surface area contributed by atoms with Gasteiger partial charge in [0.15, 0.2) is 0 Å². The Bertz CT molecular complexity index is 676. The molecule has 0 spiro atoms. The number of hydrogen-bond acceptors (Lipinski definition) is 5. The van der Waals surface area contributed by atoms with E-state index in [9.17, 15) is 9.59 Å². The second kappa shape index (κ2) is 6.47. The zero-order valence-electron chi connectivity index (χ0n) is 12.9. The summed E-state index contributed by atoms with van der Waals surface area (Å²) in [6.07, 6.45) is 4.86. The molecule has 1 aromatic heterocycles. The Morgan fingerprint density at radius 2 is 1.77 bits per heavy atom. The van der Waals surface area contributed by atoms with Gasteiger partial charge in [0, 0.05) is 24.4 Å². The van der Waals surface area contributed by atoms with Crippen LogP contribution in [0.25, 0.3) is 11.1 Å². The molecule has 5 heteroatoms. The normalized spacial score (nSPS) is 11.0. The molecule has 0 aliphatic heterocycles. The Balaban J connectivity index is 2.11. The lowest BCUT2D eigenvalue weighted by atomic mass is 10.0. The van der Waals surface area contributed by atoms with E-state index in [-0.39, 0.29) is 6.42 Å². The first-order valence-corrected chi connectivity index (χ1v) is 6.96. The Labute approximate surface area is 129 Å². The number of nitrogens with zero attached hydrogens (tertiary/aromatic N) is 2. The van der Waals surface area contributed by atoms with E-state index in [0.717, 1.165) is 16.7 Å². The monoisotopic (exact) mass is 298 g/mol. The van der Waals surface area contributed by atoms with Crippen molar-refractivity contribution in [3.8, 4) is 11.1 Å². The van der Waals surface area contributed by atoms with Crippen LogP contribution >= 0.6 is 0 Å². The molecule has 0 atom stereocenters. The van der Waals surface area contributed by atoms with Crippen molar-refractivity contribution in [3.05, 3.63) is 48.5 Å². The summed E-state index contributed by atoms with van der Waals surface area (Å²) in [6.45, 7) is 5.19. The Morgan fingerprint density at radius 3 is 2.41 bits per heavy atom. The van der Waals surface area contributed by atoms with E-state index in [2.05, 4.69) is 9.97 Å². The summed E-state index contributed by atoms with van der Waals surface area (Å²) in [5.41, 5.74) is 1.83. The maximum Gasteiger partial charge on any atom is 0.375 e. The summed E-state index contributed by atoms with van der Waals surface area (Å²) in [6, 6.07) is 7.39. The van der Waals surface area contributed by atoms with Crippen LogP contribution in [0.1, 0.15) is 26.3 Å². The van der Waals surface area contributed by atoms with E-state index in [1.807, 2.05) is 18.2 Å². The van der Waals surface area contributed by atoms with Gasteiger partial charge in [-0.05, 0) is 31.9 Å². The molecular formula is C17H18N2O3. The minimum Gasteiger partial charge on any atom is -0.454 e. The Hall–Kier alpha value is -2.56. The topological polar surface area (TPSA) is 69.2 Å². The predicted octanol–water partition coefficient (Wildman–Crippen LogP) is 2.60. The van der Waals surface area contributed by atoms with Gasteiger partial charge in [-0.1, -0.05) is 24.3 Å². The van der Waals surface area contributed by atoms with E-state index in [4.69, 9.17) is 4.74 Å². The number of aromatic nitrogens is 2. The zero-order chi connectivity index (χ0) is 16.2. The van der Waals surface area contributed by atoms with Crippen molar-refractivity contribution in [2.24, 2.45) is 0 Å². The van der Waals surface area contributed by atoms with Crippen LogP contribution in [0.2, 0.25) is 0 Å². The van der Waals surface area contributed by atoms with Crippen LogP contribution in [0.3, 0.4) is 0 Å². The molecule has 0 fully saturated rings. The SMILES string of the molecule is CC(C)(C)OC(=O)C(=O)Cc1cccc(-c2cncnc2)c1. The highest BCUT2D eigenvalue weighted by Crippen LogP contribution is 2.19. The molecule has 1 aromatic carbocycles. The van der Waals surface area contributed by atoms with Crippen LogP contribution < -0.4 is 0 Å². The number of rotatable bonds is 4. The largest absolute Gasteiger partial charge is 0.454 e. The van der Waals surface area contributed by atoms with Crippen molar-refractivity contribution >= 4 is 11.8 Å². The Kier molecular flexibility index (Phi) is 4.65. The Morgan fingerprint density at radius 1 is 1.09 bits per heavy atom. The van der Waals surface area contributed by atoms with Gasteiger partial charge in [0.05, 0.1) is 0 Å². The number of ether oxygens (including phenoxy) is 1. The average Bonchev–Trinajstić information content (AvgIpc) is 2.46. The molecule has 2 rings (SSSR count). The zero-order valence-corrected chi connectivity index (χ0v) is 12.9. The fourth-order valence-electron chi connectivity index (χ4n) is 1.90. The van der Waals surface area contributed by atoms with Crippen molar-refractivity contribution in [2.75, 3.05) is 0 Å². The van der Waals surface area contributed by atoms with Gasteiger partial charge < -0.3 is 4.74 Å². The summed E-state index contributed by atoms with van der Waals surface area (Å²) in [7, 11) is 0. The second-order valence-corrected chi connectivity index (χ2v) is 5.93. The molecule has 1 heterocycles. The van der Waals surface area contributed by atoms with Gasteiger partial charge in [-0.3, -0.25) is 4.79 Å². The molecule has 0 amide bonds. The van der Waals surface area contributed by atoms with Crippen LogP contribution in [0.15, 0.2) is 43.0 Å². The van der Waals surface area contributed by atoms with E-state index in [0.29, 0.717) is 0 Å². The summed E-state index contributed by atoms with van der Waals surface area (Å²) >= 11 is 0. The van der Waals surface area contributed by atoms with Crippen molar-refractivity contribution in [2.45, 2.75) is 32.8 Å². The van der Waals surface area contributed by atoms with E-state index in [1.54, 1.807) is 39.2 Å². The second-order valence-electron chi connectivity index (χ2n) is 5.93. The van der Waals surface area contributed by atoms with Crippen LogP contribution in [0, 0.1) is 0 Å². The number of hydrogen-bond donors (Lipinski definition) is 0. The smallest absolute Gasteiger partial charge is 0.375 e. The summed E-state index contributed by atoms with van der Waals surface area (Å²) in [5, 5.41) is 0. The summed E-state index contributed by atoms with van der Waals surface area (Å²) in [5.74, 6) is -1.36. The van der Waals surface area contributed by atoms with Crippen molar-refractivity contribution in [1.29, 1.82) is 0 Å². The van der Waals surface area contributed by atoms with Gasteiger partial charge in [-0.2, -0.15) is 0 Å². The first kappa shape index (κ1) is 15.8. The number of esters is 1. The molecule has 114 valence electrons. The molecule has 0 aliphatic rings. The van der Waals surface area contributed by atoms with E-state index >= 15 is 0 Å². The van der Waals surface area contributed by atoms with Crippen LogP contribution in [-0.4, -0.2) is 27.3 Å². The molecule has 0 radical (unpaired) electrons. The lowest BCUT2D eigenvalue weighted by Crippen LogP contribution is -2.29. The number of carbonyl (C=O) groups is 2. The average molecular weight is 298 g/mol. The maximum absolute atomic E-state index is 11.9. The van der Waals surface area contributed by atoms with Gasteiger partial charge in [0.25, 0.3) is 0 Å². The fourth-order valence-corrected chi connectivity index (χ4v) is 1.90. The molecular weight excluding hydrogens is 280 g/mol. The van der Waals surface area contributed by atoms with E-state index in [1.165, 1.54) is 6.33 Å². The lowest BCUT2D eigenvalue weighted by Gasteiger charge is -2.18. The number of ketones is 1. The number of carbonyl (C=O) groups excluding carboxylic acids is 2. The van der Waals surface area contributed by atoms with Gasteiger partial charge in [0.1, 0.15) is 11.9 Å². The van der Waals surface area contributed by atoms with Crippen LogP contribution in [0.4, 0.5) is 0 Å². The van der Waals surface area contributed by atoms with Gasteiger partial charge >= 0.3 is 5.97 Å². The summed E-state index contributed by atoms with van der Waals surface area (Å²) < 4.78 is 5.08. The number of Topliss-reactive ketones (excluding diaryl/α,β-unsaturated/α-hetero) is 1. The molecule has 0 saturated carbocycles. The van der Waals surface area contributed by atoms with Gasteiger partial charge in [-0.15, -0.1) is 0 Å².